The van der Waals surface area contributed by atoms with Crippen molar-refractivity contribution in [2.45, 2.75) is 31.0 Å². The normalized spacial score (nSPS) is 11.0. The number of nitrogens with zero attached hydrogens (tertiary/aromatic N) is 4. The quantitative estimate of drug-likeness (QED) is 0.173. The fourth-order valence-electron chi connectivity index (χ4n) is 2.60. The van der Waals surface area contributed by atoms with Crippen LogP contribution < -0.4 is 0 Å². The van der Waals surface area contributed by atoms with E-state index in [0.29, 0.717) is 34.4 Å². The molecule has 3 aromatic rings. The second-order valence-corrected chi connectivity index (χ2v) is 7.77. The van der Waals surface area contributed by atoms with Crippen LogP contribution in [0.4, 0.5) is 0 Å². The van der Waals surface area contributed by atoms with Crippen LogP contribution in [0.15, 0.2) is 28.4 Å². The molecule has 29 heavy (non-hydrogen) atoms. The standard InChI is InChI=1S/C19H20N4O4S2/c1-4-26-13(24)9-28-18-17-16(12-8-6-7-11(3)15(12)22-23-17)20-19(21-18)29-10-14(25)27-5-2/h6-8H,4-5,9-10H2,1-3H3. The third kappa shape index (κ3) is 5.13. The Balaban J connectivity index is 2.03. The van der Waals surface area contributed by atoms with Crippen LogP contribution in [0.3, 0.4) is 0 Å². The Bertz CT molecular complexity index is 1060. The Labute approximate surface area is 176 Å². The van der Waals surface area contributed by atoms with Gasteiger partial charge in [0.15, 0.2) is 5.16 Å². The molecule has 0 aliphatic rings. The molecule has 0 fully saturated rings. The van der Waals surface area contributed by atoms with Crippen molar-refractivity contribution in [3.8, 4) is 0 Å². The maximum absolute atomic E-state index is 11.8. The van der Waals surface area contributed by atoms with E-state index in [9.17, 15) is 9.59 Å². The van der Waals surface area contributed by atoms with Gasteiger partial charge in [-0.3, -0.25) is 9.59 Å². The van der Waals surface area contributed by atoms with E-state index in [1.165, 1.54) is 23.5 Å². The fourth-order valence-corrected chi connectivity index (χ4v) is 4.06. The summed E-state index contributed by atoms with van der Waals surface area (Å²) >= 11 is 2.39. The second-order valence-electron chi connectivity index (χ2n) is 5.87. The maximum atomic E-state index is 11.8. The van der Waals surface area contributed by atoms with Gasteiger partial charge in [0.05, 0.1) is 30.2 Å². The SMILES string of the molecule is CCOC(=O)CSc1nc(SCC(=O)OCC)c2nnc3c(C)cccc3c2n1. The highest BCUT2D eigenvalue weighted by molar-refractivity contribution is 8.00. The number of carbonyl (C=O) groups excluding carboxylic acids is 2. The summed E-state index contributed by atoms with van der Waals surface area (Å²) in [6.45, 7) is 6.10. The van der Waals surface area contributed by atoms with E-state index < -0.39 is 0 Å². The van der Waals surface area contributed by atoms with Gasteiger partial charge in [-0.05, 0) is 26.3 Å². The molecule has 0 radical (unpaired) electrons. The van der Waals surface area contributed by atoms with Gasteiger partial charge in [-0.25, -0.2) is 9.97 Å². The third-order valence-electron chi connectivity index (χ3n) is 3.83. The van der Waals surface area contributed by atoms with Crippen LogP contribution >= 0.6 is 23.5 Å². The number of hydrogen-bond acceptors (Lipinski definition) is 10. The molecule has 0 saturated carbocycles. The Kier molecular flexibility index (Phi) is 7.21. The van der Waals surface area contributed by atoms with E-state index in [2.05, 4.69) is 20.2 Å². The van der Waals surface area contributed by atoms with Crippen molar-refractivity contribution in [1.29, 1.82) is 0 Å². The summed E-state index contributed by atoms with van der Waals surface area (Å²) in [5, 5.41) is 10.4. The molecule has 8 nitrogen and oxygen atoms in total. The van der Waals surface area contributed by atoms with Gasteiger partial charge in [0.2, 0.25) is 0 Å². The Morgan fingerprint density at radius 1 is 0.897 bits per heavy atom. The number of aryl methyl sites for hydroxylation is 1. The van der Waals surface area contributed by atoms with Gasteiger partial charge < -0.3 is 9.47 Å². The molecular formula is C19H20N4O4S2. The van der Waals surface area contributed by atoms with E-state index in [1.54, 1.807) is 13.8 Å². The first-order chi connectivity index (χ1) is 14.0. The van der Waals surface area contributed by atoms with Gasteiger partial charge in [0, 0.05) is 5.39 Å². The predicted octanol–water partition coefficient (Wildman–Crippen LogP) is 3.19. The average Bonchev–Trinajstić information content (AvgIpc) is 2.71. The van der Waals surface area contributed by atoms with Crippen molar-refractivity contribution < 1.29 is 19.1 Å². The highest BCUT2D eigenvalue weighted by Gasteiger charge is 2.17. The van der Waals surface area contributed by atoms with Crippen molar-refractivity contribution in [2.75, 3.05) is 24.7 Å². The predicted molar refractivity (Wildman–Crippen MR) is 112 cm³/mol. The molecule has 1 aromatic carbocycles. The van der Waals surface area contributed by atoms with Gasteiger partial charge in [-0.1, -0.05) is 41.7 Å². The smallest absolute Gasteiger partial charge is 0.316 e. The van der Waals surface area contributed by atoms with Crippen LogP contribution in [0.5, 0.6) is 0 Å². The Hall–Kier alpha value is -2.46. The molecule has 152 valence electrons. The molecule has 0 N–H and O–H groups in total. The minimum absolute atomic E-state index is 0.0927. The van der Waals surface area contributed by atoms with Crippen LogP contribution in [-0.4, -0.2) is 56.8 Å². The number of fused-ring (bicyclic) bond motifs is 3. The van der Waals surface area contributed by atoms with Gasteiger partial charge in [0.25, 0.3) is 0 Å². The zero-order valence-electron chi connectivity index (χ0n) is 16.3. The first kappa shape index (κ1) is 21.3. The lowest BCUT2D eigenvalue weighted by molar-refractivity contribution is -0.140. The number of thioether (sulfide) groups is 2. The lowest BCUT2D eigenvalue weighted by Gasteiger charge is -2.09. The fraction of sp³-hybridized carbons (Fsp3) is 0.368. The maximum Gasteiger partial charge on any atom is 0.316 e. The van der Waals surface area contributed by atoms with E-state index in [-0.39, 0.29) is 23.4 Å². The van der Waals surface area contributed by atoms with Crippen LogP contribution in [-0.2, 0) is 19.1 Å². The van der Waals surface area contributed by atoms with Crippen LogP contribution in [0.25, 0.3) is 21.9 Å². The third-order valence-corrected chi connectivity index (χ3v) is 5.59. The zero-order valence-corrected chi connectivity index (χ0v) is 17.9. The van der Waals surface area contributed by atoms with Crippen LogP contribution in [0.1, 0.15) is 19.4 Å². The molecule has 0 bridgehead atoms. The largest absolute Gasteiger partial charge is 0.465 e. The summed E-state index contributed by atoms with van der Waals surface area (Å²) in [5.41, 5.74) is 2.88. The molecule has 3 rings (SSSR count). The molecule has 2 heterocycles. The molecule has 0 atom stereocenters. The Morgan fingerprint density at radius 2 is 1.55 bits per heavy atom. The van der Waals surface area contributed by atoms with Gasteiger partial charge in [-0.2, -0.15) is 0 Å². The molecule has 10 heteroatoms. The van der Waals surface area contributed by atoms with Crippen molar-refractivity contribution in [3.63, 3.8) is 0 Å². The van der Waals surface area contributed by atoms with Gasteiger partial charge >= 0.3 is 11.9 Å². The molecule has 2 aromatic heterocycles. The Morgan fingerprint density at radius 3 is 2.24 bits per heavy atom. The van der Waals surface area contributed by atoms with Gasteiger partial charge in [0.1, 0.15) is 16.1 Å². The summed E-state index contributed by atoms with van der Waals surface area (Å²) in [7, 11) is 0. The lowest BCUT2D eigenvalue weighted by atomic mass is 10.1. The van der Waals surface area contributed by atoms with Crippen molar-refractivity contribution in [2.24, 2.45) is 0 Å². The van der Waals surface area contributed by atoms with E-state index in [0.717, 1.165) is 16.5 Å². The summed E-state index contributed by atoms with van der Waals surface area (Å²) in [6.07, 6.45) is 0. The zero-order chi connectivity index (χ0) is 20.8. The monoisotopic (exact) mass is 432 g/mol. The second kappa shape index (κ2) is 9.84. The molecular weight excluding hydrogens is 412 g/mol. The number of esters is 2. The van der Waals surface area contributed by atoms with Crippen molar-refractivity contribution >= 4 is 57.4 Å². The van der Waals surface area contributed by atoms with E-state index in [1.807, 2.05) is 25.1 Å². The summed E-state index contributed by atoms with van der Waals surface area (Å²) in [6, 6.07) is 5.81. The van der Waals surface area contributed by atoms with Crippen LogP contribution in [0.2, 0.25) is 0 Å². The number of carbonyl (C=O) groups is 2. The minimum Gasteiger partial charge on any atom is -0.465 e. The molecule has 0 aliphatic heterocycles. The molecule has 0 spiro atoms. The highest BCUT2D eigenvalue weighted by Crippen LogP contribution is 2.31. The first-order valence-electron chi connectivity index (χ1n) is 9.04. The van der Waals surface area contributed by atoms with E-state index >= 15 is 0 Å². The number of benzene rings is 1. The summed E-state index contributed by atoms with van der Waals surface area (Å²) in [4.78, 5) is 32.6. The van der Waals surface area contributed by atoms with Crippen molar-refractivity contribution in [1.82, 2.24) is 20.2 Å². The average molecular weight is 433 g/mol. The van der Waals surface area contributed by atoms with Gasteiger partial charge in [-0.15, -0.1) is 10.2 Å². The van der Waals surface area contributed by atoms with E-state index in [4.69, 9.17) is 9.47 Å². The molecule has 0 saturated heterocycles. The topological polar surface area (TPSA) is 104 Å². The van der Waals surface area contributed by atoms with Crippen molar-refractivity contribution in [3.05, 3.63) is 23.8 Å². The summed E-state index contributed by atoms with van der Waals surface area (Å²) < 4.78 is 9.96. The molecule has 0 unspecified atom stereocenters. The lowest BCUT2D eigenvalue weighted by Crippen LogP contribution is -2.09. The summed E-state index contributed by atoms with van der Waals surface area (Å²) in [5.74, 6) is -0.489. The van der Waals surface area contributed by atoms with Crippen LogP contribution in [0, 0.1) is 6.92 Å². The number of aromatic nitrogens is 4. The molecule has 0 aliphatic carbocycles. The first-order valence-corrected chi connectivity index (χ1v) is 11.0. The molecule has 0 amide bonds. The number of rotatable bonds is 8. The number of hydrogen-bond donors (Lipinski definition) is 0. The minimum atomic E-state index is -0.338. The number of ether oxygens (including phenoxy) is 2. The highest BCUT2D eigenvalue weighted by atomic mass is 32.2.